The first-order valence-electron chi connectivity index (χ1n) is 3.49. The number of carbonyl (C=O) groups excluding carboxylic acids is 1. The van der Waals surface area contributed by atoms with Crippen LogP contribution in [0.15, 0.2) is 0 Å². The predicted molar refractivity (Wildman–Crippen MR) is 50.5 cm³/mol. The van der Waals surface area contributed by atoms with E-state index in [0.717, 1.165) is 0 Å². The third kappa shape index (κ3) is 4.23. The summed E-state index contributed by atoms with van der Waals surface area (Å²) in [5, 5.41) is 5.98. The molecule has 0 fully saturated rings. The monoisotopic (exact) mass is 190 g/mol. The van der Waals surface area contributed by atoms with Crippen molar-refractivity contribution < 1.29 is 9.53 Å². The summed E-state index contributed by atoms with van der Waals surface area (Å²) in [6, 6.07) is 0. The molecule has 70 valence electrons. The molecule has 0 saturated heterocycles. The number of thiol groups is 1. The summed E-state index contributed by atoms with van der Waals surface area (Å²) in [4.78, 5) is 11.1. The second-order valence-corrected chi connectivity index (χ2v) is 3.91. The van der Waals surface area contributed by atoms with E-state index in [4.69, 9.17) is 15.9 Å². The van der Waals surface area contributed by atoms with Crippen LogP contribution in [0.5, 0.6) is 0 Å². The molecule has 0 radical (unpaired) electrons. The van der Waals surface area contributed by atoms with Gasteiger partial charge in [-0.05, 0) is 20.8 Å². The van der Waals surface area contributed by atoms with Crippen molar-refractivity contribution in [2.45, 2.75) is 31.6 Å². The van der Waals surface area contributed by atoms with Crippen LogP contribution in [-0.2, 0) is 9.53 Å². The van der Waals surface area contributed by atoms with E-state index < -0.39 is 16.8 Å². The Morgan fingerprint density at radius 1 is 1.58 bits per heavy atom. The minimum Gasteiger partial charge on any atom is -0.459 e. The van der Waals surface area contributed by atoms with Gasteiger partial charge in [0.15, 0.2) is 5.25 Å². The molecule has 1 atom stereocenters. The molecule has 12 heavy (non-hydrogen) atoms. The van der Waals surface area contributed by atoms with Gasteiger partial charge in [-0.1, -0.05) is 0 Å². The van der Waals surface area contributed by atoms with Gasteiger partial charge in [-0.15, -0.1) is 0 Å². The lowest BCUT2D eigenvalue weighted by atomic mass is 10.2. The lowest BCUT2D eigenvalue weighted by Crippen LogP contribution is -2.36. The quantitative estimate of drug-likeness (QED) is 0.258. The van der Waals surface area contributed by atoms with Crippen LogP contribution in [0, 0.1) is 5.41 Å². The molecule has 0 saturated carbocycles. The van der Waals surface area contributed by atoms with E-state index >= 15 is 0 Å². The van der Waals surface area contributed by atoms with Crippen molar-refractivity contribution in [1.82, 2.24) is 0 Å². The van der Waals surface area contributed by atoms with Gasteiger partial charge in [0.25, 0.3) is 0 Å². The van der Waals surface area contributed by atoms with E-state index in [0.29, 0.717) is 0 Å². The summed E-state index contributed by atoms with van der Waals surface area (Å²) in [6.07, 6.45) is 0. The Hall–Kier alpha value is -0.710. The molecule has 0 bridgehead atoms. The van der Waals surface area contributed by atoms with E-state index in [-0.39, 0.29) is 5.84 Å². The van der Waals surface area contributed by atoms with E-state index in [1.165, 1.54) is 0 Å². The van der Waals surface area contributed by atoms with Crippen molar-refractivity contribution in [2.24, 2.45) is 5.73 Å². The Morgan fingerprint density at radius 2 is 2.00 bits per heavy atom. The number of nitrogens with one attached hydrogen (secondary N) is 1. The minimum absolute atomic E-state index is 0.299. The lowest BCUT2D eigenvalue weighted by molar-refractivity contribution is -0.152. The number of hydrogen-bond donors (Lipinski definition) is 3. The second kappa shape index (κ2) is 3.80. The molecule has 0 amide bonds. The van der Waals surface area contributed by atoms with E-state index in [1.54, 1.807) is 20.8 Å². The highest BCUT2D eigenvalue weighted by Crippen LogP contribution is 2.10. The average Bonchev–Trinajstić information content (AvgIpc) is 1.82. The second-order valence-electron chi connectivity index (χ2n) is 3.39. The molecule has 0 aliphatic heterocycles. The van der Waals surface area contributed by atoms with Crippen molar-refractivity contribution >= 4 is 24.4 Å². The van der Waals surface area contributed by atoms with Crippen molar-refractivity contribution in [3.63, 3.8) is 0 Å². The normalized spacial score (nSPS) is 13.7. The van der Waals surface area contributed by atoms with Crippen LogP contribution in [0.25, 0.3) is 0 Å². The van der Waals surface area contributed by atoms with Gasteiger partial charge in [0.05, 0.1) is 0 Å². The zero-order chi connectivity index (χ0) is 9.94. The molecule has 3 N–H and O–H groups in total. The fourth-order valence-corrected chi connectivity index (χ4v) is 0.537. The molecule has 0 rings (SSSR count). The Bertz CT molecular complexity index is 198. The number of nitrogens with two attached hydrogens (primary N) is 1. The summed E-state index contributed by atoms with van der Waals surface area (Å²) in [5.74, 6) is -0.883. The van der Waals surface area contributed by atoms with Gasteiger partial charge < -0.3 is 10.5 Å². The molecule has 0 aliphatic carbocycles. The molecule has 1 unspecified atom stereocenters. The standard InChI is InChI=1S/C7H14N2O2S/c1-7(2,3)11-6(10)4(12)5(8)9/h4,12H,1-3H3,(H3,8,9). The first kappa shape index (κ1) is 11.3. The van der Waals surface area contributed by atoms with Crippen LogP contribution < -0.4 is 5.73 Å². The first-order valence-corrected chi connectivity index (χ1v) is 4.00. The molecule has 0 heterocycles. The summed E-state index contributed by atoms with van der Waals surface area (Å²) in [6.45, 7) is 5.22. The molecule has 0 spiro atoms. The Morgan fingerprint density at radius 3 is 2.25 bits per heavy atom. The van der Waals surface area contributed by atoms with Crippen LogP contribution in [0.2, 0.25) is 0 Å². The molecular formula is C7H14N2O2S. The molecule has 0 aliphatic rings. The van der Waals surface area contributed by atoms with Gasteiger partial charge in [0, 0.05) is 0 Å². The van der Waals surface area contributed by atoms with Gasteiger partial charge in [-0.25, -0.2) is 0 Å². The maximum absolute atomic E-state index is 11.1. The van der Waals surface area contributed by atoms with E-state index in [2.05, 4.69) is 12.6 Å². The number of carbonyl (C=O) groups is 1. The minimum atomic E-state index is -0.954. The number of rotatable bonds is 2. The van der Waals surface area contributed by atoms with E-state index in [1.807, 2.05) is 0 Å². The van der Waals surface area contributed by atoms with Gasteiger partial charge in [0.1, 0.15) is 11.4 Å². The highest BCUT2D eigenvalue weighted by atomic mass is 32.1. The maximum atomic E-state index is 11.1. The maximum Gasteiger partial charge on any atom is 0.327 e. The largest absolute Gasteiger partial charge is 0.459 e. The highest BCUT2D eigenvalue weighted by molar-refractivity contribution is 7.82. The fraction of sp³-hybridized carbons (Fsp3) is 0.714. The zero-order valence-corrected chi connectivity index (χ0v) is 8.31. The van der Waals surface area contributed by atoms with Crippen LogP contribution in [0.3, 0.4) is 0 Å². The molecule has 5 heteroatoms. The Balaban J connectivity index is 4.15. The van der Waals surface area contributed by atoms with Gasteiger partial charge >= 0.3 is 5.97 Å². The van der Waals surface area contributed by atoms with Crippen molar-refractivity contribution in [1.29, 1.82) is 5.41 Å². The molecule has 0 aromatic carbocycles. The molecular weight excluding hydrogens is 176 g/mol. The van der Waals surface area contributed by atoms with Crippen LogP contribution in [0.1, 0.15) is 20.8 Å². The van der Waals surface area contributed by atoms with Crippen molar-refractivity contribution in [3.05, 3.63) is 0 Å². The van der Waals surface area contributed by atoms with Crippen LogP contribution in [-0.4, -0.2) is 22.7 Å². The third-order valence-corrected chi connectivity index (χ3v) is 1.41. The fourth-order valence-electron chi connectivity index (χ4n) is 0.485. The SMILES string of the molecule is CC(C)(C)OC(=O)C(S)C(=N)N. The zero-order valence-electron chi connectivity index (χ0n) is 7.42. The molecule has 0 aromatic rings. The first-order chi connectivity index (χ1) is 5.24. The number of ether oxygens (including phenoxy) is 1. The summed E-state index contributed by atoms with van der Waals surface area (Å²) in [7, 11) is 0. The van der Waals surface area contributed by atoms with Crippen molar-refractivity contribution in [2.75, 3.05) is 0 Å². The third-order valence-electron chi connectivity index (χ3n) is 0.925. The Labute approximate surface area is 77.4 Å². The van der Waals surface area contributed by atoms with Gasteiger partial charge in [0.2, 0.25) is 0 Å². The summed E-state index contributed by atoms with van der Waals surface area (Å²) in [5.41, 5.74) is 4.50. The van der Waals surface area contributed by atoms with E-state index in [9.17, 15) is 4.79 Å². The van der Waals surface area contributed by atoms with Crippen molar-refractivity contribution in [3.8, 4) is 0 Å². The molecule has 4 nitrogen and oxygen atoms in total. The number of hydrogen-bond acceptors (Lipinski definition) is 4. The number of esters is 1. The number of amidine groups is 1. The van der Waals surface area contributed by atoms with Gasteiger partial charge in [-0.3, -0.25) is 10.2 Å². The van der Waals surface area contributed by atoms with Crippen LogP contribution >= 0.6 is 12.6 Å². The average molecular weight is 190 g/mol. The van der Waals surface area contributed by atoms with Gasteiger partial charge in [-0.2, -0.15) is 12.6 Å². The smallest absolute Gasteiger partial charge is 0.327 e. The molecule has 0 aromatic heterocycles. The lowest BCUT2D eigenvalue weighted by Gasteiger charge is -2.21. The summed E-state index contributed by atoms with van der Waals surface area (Å²) < 4.78 is 4.92. The summed E-state index contributed by atoms with van der Waals surface area (Å²) >= 11 is 3.81. The van der Waals surface area contributed by atoms with Crippen LogP contribution in [0.4, 0.5) is 0 Å². The highest BCUT2D eigenvalue weighted by Gasteiger charge is 2.23. The topological polar surface area (TPSA) is 76.2 Å². The Kier molecular flexibility index (Phi) is 3.57. The predicted octanol–water partition coefficient (Wildman–Crippen LogP) is 0.562.